The molecule has 0 radical (unpaired) electrons. The number of hydroxylamine groups is 1. The maximum absolute atomic E-state index is 12.9. The van der Waals surface area contributed by atoms with E-state index in [1.54, 1.807) is 0 Å². The van der Waals surface area contributed by atoms with Crippen molar-refractivity contribution in [1.82, 2.24) is 20.3 Å². The van der Waals surface area contributed by atoms with Crippen molar-refractivity contribution in [3.63, 3.8) is 0 Å². The van der Waals surface area contributed by atoms with E-state index in [0.717, 1.165) is 56.7 Å². The number of alkyl halides is 1. The fourth-order valence-corrected chi connectivity index (χ4v) is 3.83. The summed E-state index contributed by atoms with van der Waals surface area (Å²) in [4.78, 5) is 19.4. The van der Waals surface area contributed by atoms with Crippen LogP contribution >= 0.6 is 0 Å². The number of nitrogens with one attached hydrogen (secondary N) is 1. The summed E-state index contributed by atoms with van der Waals surface area (Å²) >= 11 is 0. The van der Waals surface area contributed by atoms with Crippen LogP contribution in [0.1, 0.15) is 49.8 Å². The van der Waals surface area contributed by atoms with Gasteiger partial charge in [0, 0.05) is 32.5 Å². The molecule has 1 spiro atoms. The van der Waals surface area contributed by atoms with Crippen LogP contribution in [0.2, 0.25) is 0 Å². The van der Waals surface area contributed by atoms with Gasteiger partial charge in [0.15, 0.2) is 12.4 Å². The first kappa shape index (κ1) is 22.5. The predicted octanol–water partition coefficient (Wildman–Crippen LogP) is 3.64. The molecule has 2 aliphatic rings. The fourth-order valence-electron chi connectivity index (χ4n) is 3.83. The molecule has 174 valence electrons. The summed E-state index contributed by atoms with van der Waals surface area (Å²) in [5.41, 5.74) is 4.24. The van der Waals surface area contributed by atoms with Gasteiger partial charge < -0.3 is 19.0 Å². The zero-order chi connectivity index (χ0) is 22.4. The second kappa shape index (κ2) is 10.3. The fraction of sp³-hybridized carbons (Fsp3) is 0.565. The molecule has 1 saturated heterocycles. The largest absolute Gasteiger partial charge is 0.494 e. The maximum Gasteiger partial charge on any atom is 0.225 e. The number of unbranched alkanes of at least 4 members (excludes halogenated alkanes) is 1. The Hall–Kier alpha value is -2.65. The minimum absolute atomic E-state index is 0.0814. The van der Waals surface area contributed by atoms with Crippen LogP contribution in [0, 0.1) is 0 Å². The molecule has 1 fully saturated rings. The summed E-state index contributed by atoms with van der Waals surface area (Å²) in [6, 6.07) is 8.07. The van der Waals surface area contributed by atoms with Gasteiger partial charge in [-0.2, -0.15) is 0 Å². The molecule has 0 aliphatic carbocycles. The highest BCUT2D eigenvalue weighted by atomic mass is 19.1. The minimum Gasteiger partial charge on any atom is -0.494 e. The van der Waals surface area contributed by atoms with E-state index in [0.29, 0.717) is 24.7 Å². The van der Waals surface area contributed by atoms with Gasteiger partial charge in [-0.05, 0) is 31.2 Å². The average molecular weight is 446 g/mol. The number of hydrogen-bond acceptors (Lipinski definition) is 8. The van der Waals surface area contributed by atoms with Crippen molar-refractivity contribution >= 4 is 5.96 Å². The van der Waals surface area contributed by atoms with E-state index in [4.69, 9.17) is 19.0 Å². The first-order chi connectivity index (χ1) is 15.6. The molecule has 1 aromatic carbocycles. The van der Waals surface area contributed by atoms with Crippen LogP contribution in [0.5, 0.6) is 5.75 Å². The third-order valence-electron chi connectivity index (χ3n) is 5.84. The normalized spacial score (nSPS) is 17.9. The molecule has 1 aromatic heterocycles. The Labute approximate surface area is 188 Å². The van der Waals surface area contributed by atoms with Gasteiger partial charge >= 0.3 is 0 Å². The number of aliphatic imine (C=N–C) groups is 1. The van der Waals surface area contributed by atoms with Gasteiger partial charge in [0.05, 0.1) is 18.8 Å². The molecule has 0 unspecified atom stereocenters. The van der Waals surface area contributed by atoms with E-state index in [1.165, 1.54) is 6.26 Å². The minimum atomic E-state index is -0.724. The van der Waals surface area contributed by atoms with Crippen molar-refractivity contribution in [2.75, 3.05) is 26.7 Å². The van der Waals surface area contributed by atoms with Crippen molar-refractivity contribution in [1.29, 1.82) is 0 Å². The molecule has 8 nitrogen and oxygen atoms in total. The van der Waals surface area contributed by atoms with Crippen LogP contribution < -0.4 is 10.2 Å². The topological polar surface area (TPSA) is 75.4 Å². The van der Waals surface area contributed by atoms with Crippen LogP contribution in [-0.4, -0.2) is 53.2 Å². The Bertz CT molecular complexity index is 893. The Morgan fingerprint density at radius 1 is 1.22 bits per heavy atom. The van der Waals surface area contributed by atoms with Crippen LogP contribution in [0.15, 0.2) is 39.9 Å². The molecule has 3 heterocycles. The lowest BCUT2D eigenvalue weighted by Crippen LogP contribution is -2.43. The molecule has 0 bridgehead atoms. The van der Waals surface area contributed by atoms with E-state index >= 15 is 0 Å². The predicted molar refractivity (Wildman–Crippen MR) is 119 cm³/mol. The smallest absolute Gasteiger partial charge is 0.225 e. The molecule has 4 rings (SSSR count). The molecule has 2 aromatic rings. The molecular formula is C23H32FN5O3. The number of likely N-dealkylation sites (tertiary alicyclic amines) is 1. The molecule has 0 saturated carbocycles. The Kier molecular flexibility index (Phi) is 7.26. The summed E-state index contributed by atoms with van der Waals surface area (Å²) < 4.78 is 23.9. The third-order valence-corrected chi connectivity index (χ3v) is 5.84. The SMILES string of the molecule is CCCCOc1ccc(CN(Cc2coc(CF)n2)C2=NC3(CCN(C)CC3)ON2)cc1. The molecule has 1 N–H and O–H groups in total. The summed E-state index contributed by atoms with van der Waals surface area (Å²) in [6.07, 6.45) is 5.29. The van der Waals surface area contributed by atoms with Crippen molar-refractivity contribution in [3.8, 4) is 5.75 Å². The van der Waals surface area contributed by atoms with E-state index in [1.807, 2.05) is 29.2 Å². The number of ether oxygens (including phenoxy) is 1. The van der Waals surface area contributed by atoms with Gasteiger partial charge in [-0.1, -0.05) is 25.5 Å². The lowest BCUT2D eigenvalue weighted by molar-refractivity contribution is -0.0875. The Balaban J connectivity index is 1.49. The van der Waals surface area contributed by atoms with Crippen molar-refractivity contribution in [3.05, 3.63) is 47.7 Å². The van der Waals surface area contributed by atoms with Gasteiger partial charge in [-0.15, -0.1) is 0 Å². The summed E-state index contributed by atoms with van der Waals surface area (Å²) in [5.74, 6) is 1.60. The summed E-state index contributed by atoms with van der Waals surface area (Å²) in [7, 11) is 2.11. The van der Waals surface area contributed by atoms with Crippen LogP contribution in [0.25, 0.3) is 0 Å². The molecule has 9 heteroatoms. The second-order valence-corrected chi connectivity index (χ2v) is 8.46. The number of rotatable bonds is 9. The lowest BCUT2D eigenvalue weighted by atomic mass is 10.0. The van der Waals surface area contributed by atoms with E-state index in [-0.39, 0.29) is 5.89 Å². The summed E-state index contributed by atoms with van der Waals surface area (Å²) in [6.45, 7) is 5.01. The molecular weight excluding hydrogens is 413 g/mol. The average Bonchev–Trinajstić information content (AvgIpc) is 3.44. The highest BCUT2D eigenvalue weighted by molar-refractivity contribution is 5.80. The number of nitrogens with zero attached hydrogens (tertiary/aromatic N) is 4. The first-order valence-corrected chi connectivity index (χ1v) is 11.3. The lowest BCUT2D eigenvalue weighted by Gasteiger charge is -2.33. The number of hydrogen-bond donors (Lipinski definition) is 1. The third kappa shape index (κ3) is 5.58. The number of aromatic nitrogens is 1. The maximum atomic E-state index is 12.9. The summed E-state index contributed by atoms with van der Waals surface area (Å²) in [5, 5.41) is 0. The van der Waals surface area contributed by atoms with Gasteiger partial charge in [-0.25, -0.2) is 24.7 Å². The van der Waals surface area contributed by atoms with E-state index in [9.17, 15) is 4.39 Å². The van der Waals surface area contributed by atoms with Gasteiger partial charge in [0.1, 0.15) is 12.0 Å². The first-order valence-electron chi connectivity index (χ1n) is 11.3. The van der Waals surface area contributed by atoms with E-state index in [2.05, 4.69) is 29.3 Å². The molecule has 2 aliphatic heterocycles. The van der Waals surface area contributed by atoms with Crippen molar-refractivity contribution in [2.24, 2.45) is 4.99 Å². The number of oxazole rings is 1. The number of piperidine rings is 1. The number of halogens is 1. The quantitative estimate of drug-likeness (QED) is 0.591. The molecule has 0 atom stereocenters. The number of guanidine groups is 1. The van der Waals surface area contributed by atoms with Crippen LogP contribution in [-0.2, 0) is 24.6 Å². The van der Waals surface area contributed by atoms with Crippen molar-refractivity contribution in [2.45, 2.75) is 58.1 Å². The Morgan fingerprint density at radius 3 is 2.69 bits per heavy atom. The monoisotopic (exact) mass is 445 g/mol. The standard InChI is InChI=1S/C23H32FN5O3/c1-3-4-13-30-20-7-5-18(6-8-20)15-29(16-19-17-31-21(14-24)25-19)22-26-23(32-27-22)9-11-28(2)12-10-23/h5-8,17H,3-4,9-16H2,1-2H3,(H,26,27). The van der Waals surface area contributed by atoms with Gasteiger partial charge in [0.25, 0.3) is 0 Å². The van der Waals surface area contributed by atoms with Crippen LogP contribution in [0.4, 0.5) is 4.39 Å². The Morgan fingerprint density at radius 2 is 2.00 bits per heavy atom. The molecule has 32 heavy (non-hydrogen) atoms. The van der Waals surface area contributed by atoms with Crippen LogP contribution in [0.3, 0.4) is 0 Å². The second-order valence-electron chi connectivity index (χ2n) is 8.46. The van der Waals surface area contributed by atoms with Gasteiger partial charge in [0.2, 0.25) is 11.9 Å². The highest BCUT2D eigenvalue weighted by Crippen LogP contribution is 2.30. The number of benzene rings is 1. The van der Waals surface area contributed by atoms with E-state index < -0.39 is 12.4 Å². The zero-order valence-corrected chi connectivity index (χ0v) is 18.8. The highest BCUT2D eigenvalue weighted by Gasteiger charge is 2.40. The van der Waals surface area contributed by atoms with Gasteiger partial charge in [-0.3, -0.25) is 0 Å². The molecule has 0 amide bonds. The zero-order valence-electron chi connectivity index (χ0n) is 18.8. The van der Waals surface area contributed by atoms with Crippen molar-refractivity contribution < 1.29 is 18.4 Å².